The van der Waals surface area contributed by atoms with Crippen molar-refractivity contribution in [2.75, 3.05) is 6.54 Å². The summed E-state index contributed by atoms with van der Waals surface area (Å²) < 4.78 is 26.7. The van der Waals surface area contributed by atoms with Gasteiger partial charge in [-0.05, 0) is 43.4 Å². The molecule has 0 heterocycles. The van der Waals surface area contributed by atoms with Gasteiger partial charge in [-0.2, -0.15) is 0 Å². The SMILES string of the molecule is CC(N)c1ccc(S(=O)(=O)NCC2CCC2)cc1. The molecule has 0 spiro atoms. The molecule has 0 radical (unpaired) electrons. The lowest BCUT2D eigenvalue weighted by Gasteiger charge is -2.25. The maximum atomic E-state index is 12.0. The number of benzene rings is 1. The molecule has 1 unspecified atom stereocenters. The van der Waals surface area contributed by atoms with E-state index in [9.17, 15) is 8.42 Å². The minimum atomic E-state index is -3.36. The van der Waals surface area contributed by atoms with Gasteiger partial charge in [0, 0.05) is 12.6 Å². The van der Waals surface area contributed by atoms with Crippen LogP contribution in [0.2, 0.25) is 0 Å². The zero-order valence-corrected chi connectivity index (χ0v) is 11.4. The van der Waals surface area contributed by atoms with Gasteiger partial charge in [0.1, 0.15) is 0 Å². The van der Waals surface area contributed by atoms with Gasteiger partial charge in [-0.1, -0.05) is 18.6 Å². The van der Waals surface area contributed by atoms with Crippen molar-refractivity contribution >= 4 is 10.0 Å². The summed E-state index contributed by atoms with van der Waals surface area (Å²) in [6.07, 6.45) is 3.48. The molecule has 5 heteroatoms. The second kappa shape index (κ2) is 5.38. The van der Waals surface area contributed by atoms with Crippen LogP contribution < -0.4 is 10.5 Å². The maximum Gasteiger partial charge on any atom is 0.240 e. The van der Waals surface area contributed by atoms with Crippen molar-refractivity contribution in [3.8, 4) is 0 Å². The Morgan fingerprint density at radius 3 is 2.39 bits per heavy atom. The average Bonchev–Trinajstić information content (AvgIpc) is 2.27. The van der Waals surface area contributed by atoms with Crippen LogP contribution in [0, 0.1) is 5.92 Å². The first-order chi connectivity index (χ1) is 8.49. The predicted octanol–water partition coefficient (Wildman–Crippen LogP) is 1.78. The van der Waals surface area contributed by atoms with Gasteiger partial charge in [-0.25, -0.2) is 13.1 Å². The summed E-state index contributed by atoms with van der Waals surface area (Å²) in [7, 11) is -3.36. The van der Waals surface area contributed by atoms with E-state index in [-0.39, 0.29) is 6.04 Å². The second-order valence-corrected chi connectivity index (χ2v) is 6.77. The summed E-state index contributed by atoms with van der Waals surface area (Å²) in [5.74, 6) is 0.517. The highest BCUT2D eigenvalue weighted by Gasteiger charge is 2.21. The quantitative estimate of drug-likeness (QED) is 0.855. The minimum Gasteiger partial charge on any atom is -0.324 e. The lowest BCUT2D eigenvalue weighted by Crippen LogP contribution is -2.32. The molecule has 18 heavy (non-hydrogen) atoms. The van der Waals surface area contributed by atoms with E-state index in [0.717, 1.165) is 18.4 Å². The second-order valence-electron chi connectivity index (χ2n) is 5.01. The van der Waals surface area contributed by atoms with Gasteiger partial charge < -0.3 is 5.73 Å². The molecular weight excluding hydrogens is 248 g/mol. The third kappa shape index (κ3) is 3.10. The molecule has 4 nitrogen and oxygen atoms in total. The standard InChI is InChI=1S/C13H20N2O2S/c1-10(14)12-5-7-13(8-6-12)18(16,17)15-9-11-3-2-4-11/h5-8,10-11,15H,2-4,9,14H2,1H3. The van der Waals surface area contributed by atoms with E-state index in [0.29, 0.717) is 17.4 Å². The van der Waals surface area contributed by atoms with E-state index >= 15 is 0 Å². The summed E-state index contributed by atoms with van der Waals surface area (Å²) in [4.78, 5) is 0.311. The van der Waals surface area contributed by atoms with Crippen LogP contribution in [0.5, 0.6) is 0 Å². The van der Waals surface area contributed by atoms with Crippen molar-refractivity contribution in [2.45, 2.75) is 37.1 Å². The van der Waals surface area contributed by atoms with Crippen molar-refractivity contribution in [1.82, 2.24) is 4.72 Å². The normalized spacial score (nSPS) is 18.3. The highest BCUT2D eigenvalue weighted by Crippen LogP contribution is 2.25. The van der Waals surface area contributed by atoms with Gasteiger partial charge in [-0.15, -0.1) is 0 Å². The minimum absolute atomic E-state index is 0.0790. The Balaban J connectivity index is 2.03. The molecule has 1 aromatic carbocycles. The number of nitrogens with one attached hydrogen (secondary N) is 1. The molecule has 0 aromatic heterocycles. The van der Waals surface area contributed by atoms with Crippen LogP contribution in [0.25, 0.3) is 0 Å². The Morgan fingerprint density at radius 1 is 1.33 bits per heavy atom. The predicted molar refractivity (Wildman–Crippen MR) is 71.6 cm³/mol. The summed E-state index contributed by atoms with van der Waals surface area (Å²) in [6.45, 7) is 2.43. The van der Waals surface area contributed by atoms with Gasteiger partial charge in [0.15, 0.2) is 0 Å². The Hall–Kier alpha value is -0.910. The average molecular weight is 268 g/mol. The molecule has 3 N–H and O–H groups in total. The van der Waals surface area contributed by atoms with Crippen LogP contribution >= 0.6 is 0 Å². The van der Waals surface area contributed by atoms with Gasteiger partial charge in [0.05, 0.1) is 4.90 Å². The van der Waals surface area contributed by atoms with E-state index in [1.165, 1.54) is 6.42 Å². The zero-order valence-electron chi connectivity index (χ0n) is 10.6. The molecule has 1 atom stereocenters. The number of rotatable bonds is 5. The number of hydrogen-bond acceptors (Lipinski definition) is 3. The molecule has 0 saturated heterocycles. The van der Waals surface area contributed by atoms with Crippen molar-refractivity contribution < 1.29 is 8.42 Å². The highest BCUT2D eigenvalue weighted by atomic mass is 32.2. The highest BCUT2D eigenvalue weighted by molar-refractivity contribution is 7.89. The summed E-state index contributed by atoms with van der Waals surface area (Å²) in [6, 6.07) is 6.68. The van der Waals surface area contributed by atoms with Crippen LogP contribution in [-0.2, 0) is 10.0 Å². The topological polar surface area (TPSA) is 72.2 Å². The van der Waals surface area contributed by atoms with Gasteiger partial charge >= 0.3 is 0 Å². The van der Waals surface area contributed by atoms with E-state index < -0.39 is 10.0 Å². The van der Waals surface area contributed by atoms with Crippen LogP contribution in [-0.4, -0.2) is 15.0 Å². The largest absolute Gasteiger partial charge is 0.324 e. The molecule has 1 aliphatic carbocycles. The molecular formula is C13H20N2O2S. The van der Waals surface area contributed by atoms with E-state index in [2.05, 4.69) is 4.72 Å². The van der Waals surface area contributed by atoms with Crippen LogP contribution in [0.4, 0.5) is 0 Å². The fraction of sp³-hybridized carbons (Fsp3) is 0.538. The first kappa shape index (κ1) is 13.5. The number of nitrogens with two attached hydrogens (primary N) is 1. The molecule has 1 saturated carbocycles. The van der Waals surface area contributed by atoms with Crippen molar-refractivity contribution in [2.24, 2.45) is 11.7 Å². The van der Waals surface area contributed by atoms with E-state index in [1.54, 1.807) is 24.3 Å². The van der Waals surface area contributed by atoms with Crippen molar-refractivity contribution in [3.63, 3.8) is 0 Å². The zero-order chi connectivity index (χ0) is 13.2. The Morgan fingerprint density at radius 2 is 1.94 bits per heavy atom. The fourth-order valence-corrected chi connectivity index (χ4v) is 3.07. The van der Waals surface area contributed by atoms with Gasteiger partial charge in [0.25, 0.3) is 0 Å². The van der Waals surface area contributed by atoms with Crippen LogP contribution in [0.3, 0.4) is 0 Å². The van der Waals surface area contributed by atoms with E-state index in [4.69, 9.17) is 5.73 Å². The summed E-state index contributed by atoms with van der Waals surface area (Å²) in [5.41, 5.74) is 6.67. The van der Waals surface area contributed by atoms with Crippen LogP contribution in [0.15, 0.2) is 29.2 Å². The summed E-state index contributed by atoms with van der Waals surface area (Å²) >= 11 is 0. The Bertz CT molecular complexity index is 490. The smallest absolute Gasteiger partial charge is 0.240 e. The molecule has 1 fully saturated rings. The molecule has 1 aromatic rings. The maximum absolute atomic E-state index is 12.0. The van der Waals surface area contributed by atoms with Crippen LogP contribution in [0.1, 0.15) is 37.8 Å². The monoisotopic (exact) mass is 268 g/mol. The van der Waals surface area contributed by atoms with Crippen molar-refractivity contribution in [1.29, 1.82) is 0 Å². The lowest BCUT2D eigenvalue weighted by atomic mass is 9.86. The molecule has 0 amide bonds. The van der Waals surface area contributed by atoms with Gasteiger partial charge in [-0.3, -0.25) is 0 Å². The summed E-state index contributed by atoms with van der Waals surface area (Å²) in [5, 5.41) is 0. The Labute approximate surface area is 109 Å². The third-order valence-corrected chi connectivity index (χ3v) is 4.94. The first-order valence-electron chi connectivity index (χ1n) is 6.34. The first-order valence-corrected chi connectivity index (χ1v) is 7.82. The molecule has 100 valence electrons. The molecule has 1 aliphatic rings. The van der Waals surface area contributed by atoms with E-state index in [1.807, 2.05) is 6.92 Å². The number of sulfonamides is 1. The third-order valence-electron chi connectivity index (χ3n) is 3.50. The molecule has 0 bridgehead atoms. The van der Waals surface area contributed by atoms with Gasteiger partial charge in [0.2, 0.25) is 10.0 Å². The molecule has 2 rings (SSSR count). The lowest BCUT2D eigenvalue weighted by molar-refractivity contribution is 0.316. The fourth-order valence-electron chi connectivity index (χ4n) is 1.96. The Kier molecular flexibility index (Phi) is 4.04. The molecule has 0 aliphatic heterocycles. The van der Waals surface area contributed by atoms with Crippen molar-refractivity contribution in [3.05, 3.63) is 29.8 Å². The number of hydrogen-bond donors (Lipinski definition) is 2.